The van der Waals surface area contributed by atoms with Crippen LogP contribution in [0.4, 0.5) is 5.95 Å². The molecule has 0 aliphatic heterocycles. The lowest BCUT2D eigenvalue weighted by atomic mass is 10.3. The zero-order chi connectivity index (χ0) is 11.8. The minimum atomic E-state index is -0.941. The number of fused-ring (bicyclic) bond motifs is 3. The molecule has 0 saturated heterocycles. The Bertz CT molecular complexity index is 699. The molecule has 3 N–H and O–H groups in total. The highest BCUT2D eigenvalue weighted by Crippen LogP contribution is 2.15. The van der Waals surface area contributed by atoms with Crippen LogP contribution in [-0.2, 0) is 4.79 Å². The number of aromatic amines is 1. The van der Waals surface area contributed by atoms with Crippen molar-refractivity contribution in [3.05, 3.63) is 24.3 Å². The van der Waals surface area contributed by atoms with Gasteiger partial charge >= 0.3 is 5.97 Å². The Morgan fingerprint density at radius 3 is 3.06 bits per heavy atom. The number of anilines is 1. The Hall–Kier alpha value is -2.57. The molecule has 0 aliphatic carbocycles. The Morgan fingerprint density at radius 2 is 2.24 bits per heavy atom. The van der Waals surface area contributed by atoms with Gasteiger partial charge < -0.3 is 10.4 Å². The quantitative estimate of drug-likeness (QED) is 0.617. The summed E-state index contributed by atoms with van der Waals surface area (Å²) in [6.07, 6.45) is 0. The number of hydrogen-bond acceptors (Lipinski definition) is 4. The second-order valence-electron chi connectivity index (χ2n) is 3.56. The molecule has 0 unspecified atom stereocenters. The zero-order valence-corrected chi connectivity index (χ0v) is 8.71. The Kier molecular flexibility index (Phi) is 1.97. The van der Waals surface area contributed by atoms with Crippen LogP contribution in [-0.4, -0.2) is 37.2 Å². The molecule has 7 nitrogen and oxygen atoms in total. The molecule has 0 bridgehead atoms. The molecule has 2 aromatic heterocycles. The summed E-state index contributed by atoms with van der Waals surface area (Å²) < 4.78 is 1.71. The summed E-state index contributed by atoms with van der Waals surface area (Å²) in [7, 11) is 0. The average molecular weight is 231 g/mol. The number of H-pyrrole nitrogens is 1. The lowest BCUT2D eigenvalue weighted by Gasteiger charge is -1.96. The SMILES string of the molecule is O=C(O)CNc1nc2nc3ccccc3n2[nH]1. The molecule has 17 heavy (non-hydrogen) atoms. The maximum Gasteiger partial charge on any atom is 0.322 e. The Morgan fingerprint density at radius 1 is 1.41 bits per heavy atom. The van der Waals surface area contributed by atoms with Crippen LogP contribution in [0.25, 0.3) is 16.8 Å². The minimum Gasteiger partial charge on any atom is -0.480 e. The first-order chi connectivity index (χ1) is 8.24. The number of nitrogens with one attached hydrogen (secondary N) is 2. The van der Waals surface area contributed by atoms with E-state index in [1.54, 1.807) is 4.52 Å². The number of benzene rings is 1. The number of hydrogen-bond donors (Lipinski definition) is 3. The van der Waals surface area contributed by atoms with Crippen molar-refractivity contribution >= 4 is 28.7 Å². The first kappa shape index (κ1) is 9.64. The molecule has 86 valence electrons. The fraction of sp³-hybridized carbons (Fsp3) is 0.100. The maximum atomic E-state index is 10.4. The fourth-order valence-corrected chi connectivity index (χ4v) is 1.67. The number of carboxylic acids is 1. The number of para-hydroxylation sites is 2. The van der Waals surface area contributed by atoms with E-state index in [1.807, 2.05) is 24.3 Å². The molecule has 3 aromatic rings. The number of carboxylic acid groups (broad SMARTS) is 1. The molecule has 0 atom stereocenters. The van der Waals surface area contributed by atoms with E-state index in [2.05, 4.69) is 20.4 Å². The summed E-state index contributed by atoms with van der Waals surface area (Å²) in [4.78, 5) is 18.9. The van der Waals surface area contributed by atoms with E-state index in [0.29, 0.717) is 11.7 Å². The Balaban J connectivity index is 2.04. The summed E-state index contributed by atoms with van der Waals surface area (Å²) in [6.45, 7) is -0.186. The van der Waals surface area contributed by atoms with Crippen molar-refractivity contribution in [2.75, 3.05) is 11.9 Å². The third kappa shape index (κ3) is 1.57. The lowest BCUT2D eigenvalue weighted by molar-refractivity contribution is -0.134. The normalized spacial score (nSPS) is 11.1. The number of rotatable bonds is 3. The van der Waals surface area contributed by atoms with E-state index < -0.39 is 5.97 Å². The van der Waals surface area contributed by atoms with Gasteiger partial charge in [-0.05, 0) is 12.1 Å². The first-order valence-electron chi connectivity index (χ1n) is 5.03. The third-order valence-corrected chi connectivity index (χ3v) is 2.38. The molecule has 2 heterocycles. The molecule has 7 heteroatoms. The van der Waals surface area contributed by atoms with E-state index >= 15 is 0 Å². The third-order valence-electron chi connectivity index (χ3n) is 2.38. The number of nitrogens with zero attached hydrogens (tertiary/aromatic N) is 3. The summed E-state index contributed by atoms with van der Waals surface area (Å²) in [5.41, 5.74) is 1.74. The van der Waals surface area contributed by atoms with Crippen molar-refractivity contribution in [2.45, 2.75) is 0 Å². The summed E-state index contributed by atoms with van der Waals surface area (Å²) in [5.74, 6) is -0.0383. The molecular formula is C10H9N5O2. The van der Waals surface area contributed by atoms with E-state index in [1.165, 1.54) is 0 Å². The minimum absolute atomic E-state index is 0.186. The van der Waals surface area contributed by atoms with Crippen LogP contribution >= 0.6 is 0 Å². The van der Waals surface area contributed by atoms with Crippen LogP contribution in [0.2, 0.25) is 0 Å². The molecule has 0 radical (unpaired) electrons. The molecule has 0 aliphatic rings. The zero-order valence-electron chi connectivity index (χ0n) is 8.71. The van der Waals surface area contributed by atoms with Crippen LogP contribution in [0.3, 0.4) is 0 Å². The topological polar surface area (TPSA) is 95.3 Å². The van der Waals surface area contributed by atoms with Gasteiger partial charge in [0.25, 0.3) is 5.78 Å². The van der Waals surface area contributed by atoms with Crippen molar-refractivity contribution in [3.8, 4) is 0 Å². The second-order valence-corrected chi connectivity index (χ2v) is 3.56. The van der Waals surface area contributed by atoms with Crippen LogP contribution in [0.1, 0.15) is 0 Å². The van der Waals surface area contributed by atoms with Gasteiger partial charge in [0.15, 0.2) is 0 Å². The standard InChI is InChI=1S/C10H9N5O2/c16-8(17)5-11-9-13-10-12-6-3-1-2-4-7(6)15(10)14-9/h1-4H,5H2,(H,16,17)(H2,11,12,13,14). The molecule has 0 spiro atoms. The summed E-state index contributed by atoms with van der Waals surface area (Å²) >= 11 is 0. The van der Waals surface area contributed by atoms with Gasteiger partial charge in [-0.2, -0.15) is 4.98 Å². The molecular weight excluding hydrogens is 222 g/mol. The van der Waals surface area contributed by atoms with Crippen molar-refractivity contribution in [3.63, 3.8) is 0 Å². The molecule has 0 amide bonds. The van der Waals surface area contributed by atoms with Crippen LogP contribution in [0, 0.1) is 0 Å². The summed E-state index contributed by atoms with van der Waals surface area (Å²) in [6, 6.07) is 7.61. The average Bonchev–Trinajstić information content (AvgIpc) is 2.83. The second kappa shape index (κ2) is 3.48. The monoisotopic (exact) mass is 231 g/mol. The van der Waals surface area contributed by atoms with Crippen molar-refractivity contribution in [1.82, 2.24) is 19.6 Å². The van der Waals surface area contributed by atoms with Crippen molar-refractivity contribution in [2.24, 2.45) is 0 Å². The van der Waals surface area contributed by atoms with E-state index in [-0.39, 0.29) is 6.54 Å². The van der Waals surface area contributed by atoms with Gasteiger partial charge in [0, 0.05) is 0 Å². The van der Waals surface area contributed by atoms with Gasteiger partial charge in [0.2, 0.25) is 5.95 Å². The summed E-state index contributed by atoms with van der Waals surface area (Å²) in [5, 5.41) is 14.1. The van der Waals surface area contributed by atoms with Gasteiger partial charge in [-0.1, -0.05) is 12.1 Å². The molecule has 1 aromatic carbocycles. The maximum absolute atomic E-state index is 10.4. The largest absolute Gasteiger partial charge is 0.480 e. The highest BCUT2D eigenvalue weighted by Gasteiger charge is 2.09. The van der Waals surface area contributed by atoms with Crippen molar-refractivity contribution < 1.29 is 9.90 Å². The van der Waals surface area contributed by atoms with Crippen LogP contribution in [0.15, 0.2) is 24.3 Å². The predicted molar refractivity (Wildman–Crippen MR) is 61.0 cm³/mol. The smallest absolute Gasteiger partial charge is 0.322 e. The van der Waals surface area contributed by atoms with Gasteiger partial charge in [-0.15, -0.1) is 0 Å². The van der Waals surface area contributed by atoms with Gasteiger partial charge in [0.1, 0.15) is 6.54 Å². The Labute approximate surface area is 95.1 Å². The number of aromatic nitrogens is 4. The highest BCUT2D eigenvalue weighted by atomic mass is 16.4. The number of aliphatic carboxylic acids is 1. The van der Waals surface area contributed by atoms with Gasteiger partial charge in [-0.25, -0.2) is 9.50 Å². The van der Waals surface area contributed by atoms with Gasteiger partial charge in [0.05, 0.1) is 11.0 Å². The first-order valence-corrected chi connectivity index (χ1v) is 5.03. The van der Waals surface area contributed by atoms with Crippen LogP contribution < -0.4 is 5.32 Å². The molecule has 0 fully saturated rings. The van der Waals surface area contributed by atoms with E-state index in [9.17, 15) is 4.79 Å². The lowest BCUT2D eigenvalue weighted by Crippen LogP contribution is -2.13. The highest BCUT2D eigenvalue weighted by molar-refractivity contribution is 5.79. The predicted octanol–water partition coefficient (Wildman–Crippen LogP) is 0.707. The van der Waals surface area contributed by atoms with E-state index in [4.69, 9.17) is 5.11 Å². The van der Waals surface area contributed by atoms with E-state index in [0.717, 1.165) is 11.0 Å². The molecule has 0 saturated carbocycles. The fourth-order valence-electron chi connectivity index (χ4n) is 1.67. The van der Waals surface area contributed by atoms with Crippen LogP contribution in [0.5, 0.6) is 0 Å². The number of imidazole rings is 1. The van der Waals surface area contributed by atoms with Gasteiger partial charge in [-0.3, -0.25) is 9.89 Å². The number of carbonyl (C=O) groups is 1. The van der Waals surface area contributed by atoms with Crippen molar-refractivity contribution in [1.29, 1.82) is 0 Å². The molecule has 3 rings (SSSR count).